The van der Waals surface area contributed by atoms with Gasteiger partial charge in [0, 0.05) is 0 Å². The Morgan fingerprint density at radius 2 is 2.05 bits per heavy atom. The molecule has 0 saturated carbocycles. The maximum Gasteiger partial charge on any atom is 0.265 e. The minimum absolute atomic E-state index is 0.0397. The summed E-state index contributed by atoms with van der Waals surface area (Å²) in [5, 5.41) is 13.6. The quantitative estimate of drug-likeness (QED) is 0.781. The molecule has 2 aromatic heterocycles. The first-order valence-electron chi connectivity index (χ1n) is 6.81. The second kappa shape index (κ2) is 5.49. The van der Waals surface area contributed by atoms with Crippen molar-refractivity contribution in [1.29, 1.82) is 0 Å². The smallest absolute Gasteiger partial charge is 0.265 e. The number of nitrogens with zero attached hydrogens (tertiary/aromatic N) is 4. The lowest BCUT2D eigenvalue weighted by atomic mass is 10.1. The zero-order valence-electron chi connectivity index (χ0n) is 11.7. The number of aliphatic hydroxyl groups is 1. The van der Waals surface area contributed by atoms with Crippen LogP contribution in [-0.2, 0) is 6.54 Å². The van der Waals surface area contributed by atoms with Crippen molar-refractivity contribution in [2.75, 3.05) is 6.61 Å². The number of hydrogen-bond donors (Lipinski definition) is 1. The maximum atomic E-state index is 12.6. The molecule has 0 fully saturated rings. The van der Waals surface area contributed by atoms with Crippen molar-refractivity contribution in [3.05, 3.63) is 58.8 Å². The number of benzene rings is 1. The van der Waals surface area contributed by atoms with Crippen molar-refractivity contribution in [2.24, 2.45) is 0 Å². The van der Waals surface area contributed by atoms with Gasteiger partial charge in [0.15, 0.2) is 5.65 Å². The summed E-state index contributed by atoms with van der Waals surface area (Å²) in [5.74, 6) is 0. The molecule has 0 unspecified atom stereocenters. The third kappa shape index (κ3) is 2.34. The minimum Gasteiger partial charge on any atom is -0.394 e. The minimum atomic E-state index is -0.124. The molecule has 0 radical (unpaired) electrons. The van der Waals surface area contributed by atoms with E-state index in [2.05, 4.69) is 10.1 Å². The van der Waals surface area contributed by atoms with Crippen LogP contribution in [0.1, 0.15) is 18.5 Å². The Morgan fingerprint density at radius 1 is 1.29 bits per heavy atom. The molecule has 1 N–H and O–H groups in total. The SMILES string of the molecule is C[C@@H](c1ccccc1)n1cnc2c(cnn2CCO)c1=O. The standard InChI is InChI=1S/C15H16N4O2/c1-11(12-5-3-2-4-6-12)18-10-16-14-13(15(18)21)9-17-19(14)7-8-20/h2-6,9-11,20H,7-8H2,1H3/t11-/m0/s1. The van der Waals surface area contributed by atoms with Crippen molar-refractivity contribution >= 4 is 11.0 Å². The van der Waals surface area contributed by atoms with Gasteiger partial charge in [-0.25, -0.2) is 9.67 Å². The van der Waals surface area contributed by atoms with Crippen LogP contribution in [0.15, 0.2) is 47.7 Å². The second-order valence-corrected chi connectivity index (χ2v) is 4.87. The van der Waals surface area contributed by atoms with Gasteiger partial charge in [0.2, 0.25) is 0 Å². The number of aliphatic hydroxyl groups excluding tert-OH is 1. The van der Waals surface area contributed by atoms with E-state index in [9.17, 15) is 4.79 Å². The summed E-state index contributed by atoms with van der Waals surface area (Å²) in [6, 6.07) is 9.70. The fraction of sp³-hybridized carbons (Fsp3) is 0.267. The van der Waals surface area contributed by atoms with Crippen molar-refractivity contribution in [3.8, 4) is 0 Å². The molecule has 2 heterocycles. The zero-order valence-corrected chi connectivity index (χ0v) is 11.7. The lowest BCUT2D eigenvalue weighted by molar-refractivity contribution is 0.271. The Balaban J connectivity index is 2.09. The molecular formula is C15H16N4O2. The molecule has 1 atom stereocenters. The normalized spacial score (nSPS) is 12.7. The first kappa shape index (κ1) is 13.5. The highest BCUT2D eigenvalue weighted by atomic mass is 16.3. The molecule has 0 saturated heterocycles. The van der Waals surface area contributed by atoms with E-state index in [-0.39, 0.29) is 18.2 Å². The summed E-state index contributed by atoms with van der Waals surface area (Å²) in [7, 11) is 0. The van der Waals surface area contributed by atoms with E-state index < -0.39 is 0 Å². The molecule has 108 valence electrons. The third-order valence-corrected chi connectivity index (χ3v) is 3.59. The van der Waals surface area contributed by atoms with Crippen molar-refractivity contribution in [2.45, 2.75) is 19.5 Å². The highest BCUT2D eigenvalue weighted by Gasteiger charge is 2.14. The highest BCUT2D eigenvalue weighted by Crippen LogP contribution is 2.16. The van der Waals surface area contributed by atoms with Gasteiger partial charge in [0.1, 0.15) is 11.7 Å². The molecule has 3 rings (SSSR count). The van der Waals surface area contributed by atoms with E-state index in [4.69, 9.17) is 5.11 Å². The first-order chi connectivity index (χ1) is 10.2. The third-order valence-electron chi connectivity index (χ3n) is 3.59. The Labute approximate surface area is 121 Å². The van der Waals surface area contributed by atoms with E-state index in [0.29, 0.717) is 17.6 Å². The van der Waals surface area contributed by atoms with Gasteiger partial charge in [-0.3, -0.25) is 9.36 Å². The molecule has 1 aromatic carbocycles. The van der Waals surface area contributed by atoms with Crippen LogP contribution in [0.25, 0.3) is 11.0 Å². The zero-order chi connectivity index (χ0) is 14.8. The second-order valence-electron chi connectivity index (χ2n) is 4.87. The Morgan fingerprint density at radius 3 is 2.76 bits per heavy atom. The van der Waals surface area contributed by atoms with Gasteiger partial charge in [-0.2, -0.15) is 5.10 Å². The number of aromatic nitrogens is 4. The summed E-state index contributed by atoms with van der Waals surface area (Å²) < 4.78 is 3.14. The van der Waals surface area contributed by atoms with Crippen LogP contribution in [0.3, 0.4) is 0 Å². The predicted octanol–water partition coefficient (Wildman–Crippen LogP) is 1.19. The average Bonchev–Trinajstić information content (AvgIpc) is 2.92. The van der Waals surface area contributed by atoms with Gasteiger partial charge in [-0.15, -0.1) is 0 Å². The molecule has 0 amide bonds. The molecule has 6 heteroatoms. The van der Waals surface area contributed by atoms with Gasteiger partial charge in [-0.05, 0) is 12.5 Å². The highest BCUT2D eigenvalue weighted by molar-refractivity contribution is 5.72. The lowest BCUT2D eigenvalue weighted by Gasteiger charge is -2.15. The van der Waals surface area contributed by atoms with Crippen molar-refractivity contribution < 1.29 is 5.11 Å². The van der Waals surface area contributed by atoms with E-state index in [1.165, 1.54) is 17.2 Å². The first-order valence-corrected chi connectivity index (χ1v) is 6.81. The fourth-order valence-electron chi connectivity index (χ4n) is 2.40. The lowest BCUT2D eigenvalue weighted by Crippen LogP contribution is -2.24. The fourth-order valence-corrected chi connectivity index (χ4v) is 2.40. The van der Waals surface area contributed by atoms with E-state index >= 15 is 0 Å². The molecule has 0 bridgehead atoms. The Hall–Kier alpha value is -2.47. The summed E-state index contributed by atoms with van der Waals surface area (Å²) >= 11 is 0. The number of hydrogen-bond acceptors (Lipinski definition) is 4. The van der Waals surface area contributed by atoms with Gasteiger partial charge in [0.25, 0.3) is 5.56 Å². The summed E-state index contributed by atoms with van der Waals surface area (Å²) in [6.45, 7) is 2.25. The number of rotatable bonds is 4. The predicted molar refractivity (Wildman–Crippen MR) is 79.1 cm³/mol. The van der Waals surface area contributed by atoms with E-state index in [1.54, 1.807) is 4.57 Å². The molecule has 0 spiro atoms. The molecular weight excluding hydrogens is 268 g/mol. The van der Waals surface area contributed by atoms with Gasteiger partial charge >= 0.3 is 0 Å². The van der Waals surface area contributed by atoms with Crippen LogP contribution in [0.2, 0.25) is 0 Å². The van der Waals surface area contributed by atoms with Gasteiger partial charge < -0.3 is 5.11 Å². The molecule has 0 aliphatic rings. The monoisotopic (exact) mass is 284 g/mol. The van der Waals surface area contributed by atoms with Crippen LogP contribution < -0.4 is 5.56 Å². The van der Waals surface area contributed by atoms with E-state index in [0.717, 1.165) is 5.56 Å². The van der Waals surface area contributed by atoms with Crippen LogP contribution in [-0.4, -0.2) is 31.0 Å². The Kier molecular flexibility index (Phi) is 3.53. The van der Waals surface area contributed by atoms with Crippen molar-refractivity contribution in [1.82, 2.24) is 19.3 Å². The van der Waals surface area contributed by atoms with Crippen LogP contribution in [0, 0.1) is 0 Å². The molecule has 3 aromatic rings. The van der Waals surface area contributed by atoms with Crippen LogP contribution >= 0.6 is 0 Å². The average molecular weight is 284 g/mol. The summed E-state index contributed by atoms with van der Waals surface area (Å²) in [6.07, 6.45) is 3.05. The maximum absolute atomic E-state index is 12.6. The van der Waals surface area contributed by atoms with Crippen molar-refractivity contribution in [3.63, 3.8) is 0 Å². The molecule has 6 nitrogen and oxygen atoms in total. The summed E-state index contributed by atoms with van der Waals surface area (Å²) in [4.78, 5) is 16.9. The van der Waals surface area contributed by atoms with Crippen LogP contribution in [0.4, 0.5) is 0 Å². The topological polar surface area (TPSA) is 72.9 Å². The molecule has 0 aliphatic heterocycles. The largest absolute Gasteiger partial charge is 0.394 e. The Bertz CT molecular complexity index is 807. The summed E-state index contributed by atoms with van der Waals surface area (Å²) in [5.41, 5.74) is 1.43. The molecule has 0 aliphatic carbocycles. The van der Waals surface area contributed by atoms with Gasteiger partial charge in [0.05, 0.1) is 25.4 Å². The van der Waals surface area contributed by atoms with Crippen LogP contribution in [0.5, 0.6) is 0 Å². The van der Waals surface area contributed by atoms with Gasteiger partial charge in [-0.1, -0.05) is 30.3 Å². The number of fused-ring (bicyclic) bond motifs is 1. The van der Waals surface area contributed by atoms with E-state index in [1.807, 2.05) is 37.3 Å². The molecule has 21 heavy (non-hydrogen) atoms.